The van der Waals surface area contributed by atoms with Crippen molar-refractivity contribution in [2.24, 2.45) is 0 Å². The monoisotopic (exact) mass is 311 g/mol. The van der Waals surface area contributed by atoms with Crippen LogP contribution >= 0.6 is 0 Å². The fourth-order valence-electron chi connectivity index (χ4n) is 2.35. The number of nitrogens with zero attached hydrogens (tertiary/aromatic N) is 1. The molecule has 0 aliphatic carbocycles. The molecule has 118 valence electrons. The third-order valence-corrected chi connectivity index (χ3v) is 5.37. The van der Waals surface area contributed by atoms with Crippen LogP contribution in [0, 0.1) is 0 Å². The summed E-state index contributed by atoms with van der Waals surface area (Å²) >= 11 is 0. The van der Waals surface area contributed by atoms with Crippen LogP contribution in [0.25, 0.3) is 0 Å². The Bertz CT molecular complexity index is 579. The molecule has 0 unspecified atom stereocenters. The maximum absolute atomic E-state index is 12.5. The van der Waals surface area contributed by atoms with Gasteiger partial charge in [-0.1, -0.05) is 26.0 Å². The van der Waals surface area contributed by atoms with Gasteiger partial charge in [0.15, 0.2) is 0 Å². The van der Waals surface area contributed by atoms with Gasteiger partial charge in [0, 0.05) is 13.1 Å². The molecule has 1 aromatic rings. The first-order chi connectivity index (χ1) is 9.59. The normalized spacial score (nSPS) is 18.0. The van der Waals surface area contributed by atoms with Crippen LogP contribution in [0.1, 0.15) is 46.1 Å². The molecule has 1 saturated heterocycles. The molecule has 0 amide bonds. The summed E-state index contributed by atoms with van der Waals surface area (Å²) in [6.07, 6.45) is -0.00490. The number of hydrogen-bond donors (Lipinski definition) is 0. The van der Waals surface area contributed by atoms with Crippen molar-refractivity contribution < 1.29 is 13.2 Å². The van der Waals surface area contributed by atoms with E-state index < -0.39 is 10.0 Å². The van der Waals surface area contributed by atoms with Gasteiger partial charge in [-0.2, -0.15) is 4.31 Å². The molecular weight excluding hydrogens is 286 g/mol. The predicted octanol–water partition coefficient (Wildman–Crippen LogP) is 3.00. The molecule has 0 saturated carbocycles. The summed E-state index contributed by atoms with van der Waals surface area (Å²) in [4.78, 5) is 0.362. The number of ether oxygens (including phenoxy) is 1. The number of benzene rings is 1. The van der Waals surface area contributed by atoms with Crippen molar-refractivity contribution in [3.8, 4) is 0 Å². The van der Waals surface area contributed by atoms with E-state index in [-0.39, 0.29) is 11.7 Å². The Morgan fingerprint density at radius 2 is 1.67 bits per heavy atom. The molecule has 1 heterocycles. The molecule has 4 nitrogen and oxygen atoms in total. The van der Waals surface area contributed by atoms with Crippen molar-refractivity contribution in [2.75, 3.05) is 13.1 Å². The number of sulfonamides is 1. The van der Waals surface area contributed by atoms with Gasteiger partial charge in [-0.15, -0.1) is 0 Å². The van der Waals surface area contributed by atoms with Gasteiger partial charge in [-0.05, 0) is 44.4 Å². The van der Waals surface area contributed by atoms with Gasteiger partial charge < -0.3 is 4.74 Å². The van der Waals surface area contributed by atoms with Crippen molar-refractivity contribution in [1.29, 1.82) is 0 Å². The molecule has 5 heteroatoms. The van der Waals surface area contributed by atoms with Crippen LogP contribution in [0.3, 0.4) is 0 Å². The average Bonchev–Trinajstić information content (AvgIpc) is 2.32. The van der Waals surface area contributed by atoms with Crippen molar-refractivity contribution in [3.05, 3.63) is 29.8 Å². The predicted molar refractivity (Wildman–Crippen MR) is 83.9 cm³/mol. The molecular formula is C16H25NO3S. The van der Waals surface area contributed by atoms with Gasteiger partial charge in [0.25, 0.3) is 0 Å². The minimum absolute atomic E-state index is 0.00490. The minimum Gasteiger partial charge on any atom is -0.370 e. The Hall–Kier alpha value is -0.910. The Morgan fingerprint density at radius 3 is 2.10 bits per heavy atom. The first kappa shape index (κ1) is 16.5. The maximum atomic E-state index is 12.5. The molecule has 0 bridgehead atoms. The van der Waals surface area contributed by atoms with E-state index in [0.717, 1.165) is 5.56 Å². The summed E-state index contributed by atoms with van der Waals surface area (Å²) in [5, 5.41) is 0. The lowest BCUT2D eigenvalue weighted by Crippen LogP contribution is -2.56. The molecule has 2 rings (SSSR count). The molecule has 1 fully saturated rings. The Labute approximate surface area is 128 Å². The summed E-state index contributed by atoms with van der Waals surface area (Å²) in [6, 6.07) is 7.17. The highest BCUT2D eigenvalue weighted by molar-refractivity contribution is 7.89. The van der Waals surface area contributed by atoms with Gasteiger partial charge in [0.05, 0.1) is 16.6 Å². The number of hydrogen-bond acceptors (Lipinski definition) is 3. The van der Waals surface area contributed by atoms with Gasteiger partial charge in [0.2, 0.25) is 10.0 Å². The summed E-state index contributed by atoms with van der Waals surface area (Å²) in [7, 11) is -3.38. The van der Waals surface area contributed by atoms with Crippen LogP contribution in [-0.2, 0) is 14.8 Å². The molecule has 1 aliphatic heterocycles. The van der Waals surface area contributed by atoms with Crippen LogP contribution in [0.2, 0.25) is 0 Å². The lowest BCUT2D eigenvalue weighted by Gasteiger charge is -2.41. The molecule has 0 aromatic heterocycles. The fourth-order valence-corrected chi connectivity index (χ4v) is 3.85. The van der Waals surface area contributed by atoms with Crippen molar-refractivity contribution in [3.63, 3.8) is 0 Å². The largest absolute Gasteiger partial charge is 0.370 e. The lowest BCUT2D eigenvalue weighted by atomic mass is 10.0. The Kier molecular flexibility index (Phi) is 4.47. The second kappa shape index (κ2) is 5.71. The molecule has 0 spiro atoms. The topological polar surface area (TPSA) is 46.6 Å². The van der Waals surface area contributed by atoms with E-state index >= 15 is 0 Å². The first-order valence-corrected chi connectivity index (χ1v) is 8.81. The Morgan fingerprint density at radius 1 is 1.14 bits per heavy atom. The van der Waals surface area contributed by atoms with E-state index in [1.165, 1.54) is 4.31 Å². The smallest absolute Gasteiger partial charge is 0.243 e. The van der Waals surface area contributed by atoms with Crippen LogP contribution in [-0.4, -0.2) is 37.5 Å². The fraction of sp³-hybridized carbons (Fsp3) is 0.625. The third-order valence-electron chi connectivity index (χ3n) is 3.52. The summed E-state index contributed by atoms with van der Waals surface area (Å²) in [5.74, 6) is 0.398. The van der Waals surface area contributed by atoms with Crippen LogP contribution in [0.15, 0.2) is 29.2 Å². The van der Waals surface area contributed by atoms with Crippen molar-refractivity contribution in [1.82, 2.24) is 4.31 Å². The highest BCUT2D eigenvalue weighted by Crippen LogP contribution is 2.26. The molecule has 21 heavy (non-hydrogen) atoms. The zero-order chi connectivity index (χ0) is 15.8. The maximum Gasteiger partial charge on any atom is 0.243 e. The molecule has 0 N–H and O–H groups in total. The summed E-state index contributed by atoms with van der Waals surface area (Å²) in [6.45, 7) is 11.0. The highest BCUT2D eigenvalue weighted by atomic mass is 32.2. The highest BCUT2D eigenvalue weighted by Gasteiger charge is 2.39. The van der Waals surface area contributed by atoms with E-state index in [1.54, 1.807) is 12.1 Å². The third kappa shape index (κ3) is 3.84. The van der Waals surface area contributed by atoms with Gasteiger partial charge in [-0.3, -0.25) is 0 Å². The van der Waals surface area contributed by atoms with Gasteiger partial charge >= 0.3 is 0 Å². The quantitative estimate of drug-likeness (QED) is 0.859. The summed E-state index contributed by atoms with van der Waals surface area (Å²) in [5.41, 5.74) is 0.908. The molecule has 0 atom stereocenters. The zero-order valence-electron chi connectivity index (χ0n) is 13.5. The van der Waals surface area contributed by atoms with Crippen LogP contribution in [0.4, 0.5) is 0 Å². The van der Waals surface area contributed by atoms with Gasteiger partial charge in [-0.25, -0.2) is 8.42 Å². The average molecular weight is 311 g/mol. The lowest BCUT2D eigenvalue weighted by molar-refractivity contribution is -0.103. The van der Waals surface area contributed by atoms with Crippen LogP contribution < -0.4 is 0 Å². The van der Waals surface area contributed by atoms with E-state index in [9.17, 15) is 8.42 Å². The van der Waals surface area contributed by atoms with E-state index in [2.05, 4.69) is 13.8 Å². The van der Waals surface area contributed by atoms with Crippen molar-refractivity contribution in [2.45, 2.75) is 57.1 Å². The second-order valence-corrected chi connectivity index (χ2v) is 8.84. The number of rotatable bonds is 4. The van der Waals surface area contributed by atoms with E-state index in [4.69, 9.17) is 4.74 Å². The second-order valence-electron chi connectivity index (χ2n) is 6.90. The molecule has 0 radical (unpaired) electrons. The van der Waals surface area contributed by atoms with Crippen molar-refractivity contribution >= 4 is 10.0 Å². The SMILES string of the molecule is CC(C)c1ccc(S(=O)(=O)N2CC(OC(C)(C)C)C2)cc1. The molecule has 1 aromatic carbocycles. The standard InChI is InChI=1S/C16H25NO3S/c1-12(2)13-6-8-15(9-7-13)21(18,19)17-10-14(11-17)20-16(3,4)5/h6-9,12,14H,10-11H2,1-5H3. The van der Waals surface area contributed by atoms with E-state index in [1.807, 2.05) is 32.9 Å². The van der Waals surface area contributed by atoms with Crippen LogP contribution in [0.5, 0.6) is 0 Å². The zero-order valence-corrected chi connectivity index (χ0v) is 14.3. The Balaban J connectivity index is 2.04. The molecule has 1 aliphatic rings. The van der Waals surface area contributed by atoms with E-state index in [0.29, 0.717) is 23.9 Å². The minimum atomic E-state index is -3.38. The summed E-state index contributed by atoms with van der Waals surface area (Å²) < 4.78 is 32.2. The van der Waals surface area contributed by atoms with Gasteiger partial charge in [0.1, 0.15) is 0 Å². The first-order valence-electron chi connectivity index (χ1n) is 7.37.